The Bertz CT molecular complexity index is 744. The molecule has 1 aromatic carbocycles. The topological polar surface area (TPSA) is 213 Å². The van der Waals surface area contributed by atoms with Crippen LogP contribution in [-0.4, -0.2) is 71.8 Å². The number of phosphoric ester groups is 1. The highest BCUT2D eigenvalue weighted by Gasteiger charge is 2.63. The summed E-state index contributed by atoms with van der Waals surface area (Å²) < 4.78 is 42.5. The normalized spacial score (nSPS) is 37.6. The highest BCUT2D eigenvalue weighted by atomic mass is 31.3. The molecular weight excluding hydrogens is 445 g/mol. The van der Waals surface area contributed by atoms with Crippen molar-refractivity contribution in [2.75, 3.05) is 0 Å². The summed E-state index contributed by atoms with van der Waals surface area (Å²) in [4.78, 5) is 9.44. The van der Waals surface area contributed by atoms with Gasteiger partial charge in [-0.1, -0.05) is 18.2 Å². The maximum absolute atomic E-state index is 12.9. The number of hydrogen-bond acceptors (Lipinski definition) is 12. The van der Waals surface area contributed by atoms with Crippen LogP contribution in [0.5, 0.6) is 5.75 Å². The quantitative estimate of drug-likeness (QED) is 0.183. The van der Waals surface area contributed by atoms with Gasteiger partial charge in [-0.15, -0.1) is 0 Å². The number of rotatable bonds is 7. The number of benzene rings is 1. The van der Waals surface area contributed by atoms with Crippen LogP contribution in [0.4, 0.5) is 0 Å². The van der Waals surface area contributed by atoms with Crippen molar-refractivity contribution in [1.82, 2.24) is 0 Å². The molecule has 9 atom stereocenters. The predicted molar refractivity (Wildman–Crippen MR) is 92.5 cm³/mol. The van der Waals surface area contributed by atoms with Gasteiger partial charge in [0.15, 0.2) is 0 Å². The van der Waals surface area contributed by atoms with Gasteiger partial charge in [-0.3, -0.25) is 4.31 Å². The van der Waals surface area contributed by atoms with Crippen LogP contribution in [0.25, 0.3) is 0 Å². The van der Waals surface area contributed by atoms with E-state index < -0.39 is 52.0 Å². The van der Waals surface area contributed by atoms with Gasteiger partial charge in [0.05, 0.1) is 0 Å². The van der Waals surface area contributed by atoms with E-state index in [4.69, 9.17) is 4.52 Å². The number of hydrogen-bond donors (Lipinski definition) is 7. The summed E-state index contributed by atoms with van der Waals surface area (Å²) in [5.41, 5.74) is 0. The van der Waals surface area contributed by atoms with E-state index in [-0.39, 0.29) is 5.75 Å². The van der Waals surface area contributed by atoms with Crippen molar-refractivity contribution < 1.29 is 62.3 Å². The van der Waals surface area contributed by atoms with Gasteiger partial charge in [-0.2, -0.15) is 4.31 Å². The Balaban J connectivity index is 2.43. The lowest BCUT2D eigenvalue weighted by Crippen LogP contribution is -2.71. The lowest BCUT2D eigenvalue weighted by atomic mass is 9.82. The maximum atomic E-state index is 12.9. The van der Waals surface area contributed by atoms with Crippen molar-refractivity contribution in [2.45, 2.75) is 36.3 Å². The Morgan fingerprint density at radius 1 is 0.929 bits per heavy atom. The van der Waals surface area contributed by atoms with E-state index in [1.165, 1.54) is 33.7 Å². The minimum absolute atomic E-state index is 0.251. The fraction of sp³-hybridized carbons (Fsp3) is 0.500. The molecule has 1 aromatic rings. The first kappa shape index (κ1) is 23.8. The van der Waals surface area contributed by atoms with Crippen LogP contribution in [0, 0.1) is 0 Å². The zero-order valence-corrected chi connectivity index (χ0v) is 16.8. The molecule has 1 fully saturated rings. The lowest BCUT2D eigenvalue weighted by molar-refractivity contribution is -0.335. The summed E-state index contributed by atoms with van der Waals surface area (Å²) in [6.07, 6.45) is -11.7. The van der Waals surface area contributed by atoms with E-state index >= 15 is 0 Å². The van der Waals surface area contributed by atoms with Crippen molar-refractivity contribution >= 4 is 25.1 Å². The lowest BCUT2D eigenvalue weighted by Gasteiger charge is -2.46. The maximum Gasteiger partial charge on any atom is 0.541 e. The number of para-hydroxylation sites is 1. The van der Waals surface area contributed by atoms with E-state index in [0.717, 1.165) is 0 Å². The molecule has 0 radical (unpaired) electrons. The second-order valence-electron chi connectivity index (χ2n) is 5.71. The monoisotopic (exact) mass is 464 g/mol. The SMILES string of the molecule is O=P(O)(OP)OP(=O)(Oc1ccccc1)O[C@]1(O)[C@H](O)[C@H](O)[C@@H](O)[C@H](O)[C@H]1O. The zero-order valence-electron chi connectivity index (χ0n) is 13.8. The molecular formula is C12H19O13P3. The average molecular weight is 464 g/mol. The molecule has 0 bridgehead atoms. The van der Waals surface area contributed by atoms with Gasteiger partial charge in [-0.25, -0.2) is 13.7 Å². The molecule has 0 heterocycles. The molecule has 0 saturated heterocycles. The van der Waals surface area contributed by atoms with E-state index in [9.17, 15) is 44.7 Å². The molecule has 16 heteroatoms. The average Bonchev–Trinajstić information content (AvgIpc) is 2.63. The van der Waals surface area contributed by atoms with E-state index in [0.29, 0.717) is 0 Å². The molecule has 0 aromatic heterocycles. The molecule has 1 aliphatic carbocycles. The Morgan fingerprint density at radius 3 is 1.89 bits per heavy atom. The smallest absolute Gasteiger partial charge is 0.404 e. The fourth-order valence-corrected chi connectivity index (χ4v) is 5.10. The summed E-state index contributed by atoms with van der Waals surface area (Å²) in [6.45, 7) is 0. The Morgan fingerprint density at radius 2 is 1.43 bits per heavy atom. The molecule has 0 spiro atoms. The van der Waals surface area contributed by atoms with Gasteiger partial charge in [0, 0.05) is 9.47 Å². The molecule has 13 nitrogen and oxygen atoms in total. The summed E-state index contributed by atoms with van der Waals surface area (Å²) in [6, 6.07) is 6.79. The molecule has 7 N–H and O–H groups in total. The largest absolute Gasteiger partial charge is 0.541 e. The van der Waals surface area contributed by atoms with Crippen LogP contribution >= 0.6 is 25.1 Å². The molecule has 160 valence electrons. The highest BCUT2D eigenvalue weighted by Crippen LogP contribution is 2.65. The highest BCUT2D eigenvalue weighted by molar-refractivity contribution is 7.63. The van der Waals surface area contributed by atoms with Gasteiger partial charge >= 0.3 is 15.6 Å². The molecule has 0 aliphatic heterocycles. The van der Waals surface area contributed by atoms with Crippen molar-refractivity contribution in [3.05, 3.63) is 30.3 Å². The zero-order chi connectivity index (χ0) is 21.3. The minimum atomic E-state index is -5.39. The molecule has 1 aliphatic rings. The Labute approximate surface area is 160 Å². The molecule has 3 unspecified atom stereocenters. The van der Waals surface area contributed by atoms with Crippen LogP contribution in [0.2, 0.25) is 0 Å². The van der Waals surface area contributed by atoms with E-state index in [2.05, 4.69) is 13.1 Å². The summed E-state index contributed by atoms with van der Waals surface area (Å²) in [7, 11) is -9.14. The summed E-state index contributed by atoms with van der Waals surface area (Å²) >= 11 is 0. The Hall–Kier alpha value is -0.490. The molecule has 2 rings (SSSR count). The van der Waals surface area contributed by atoms with Crippen LogP contribution < -0.4 is 4.52 Å². The van der Waals surface area contributed by atoms with E-state index in [1.807, 2.05) is 0 Å². The molecule has 0 amide bonds. The van der Waals surface area contributed by atoms with Crippen molar-refractivity contribution in [3.8, 4) is 5.75 Å². The number of aliphatic hydroxyl groups is 6. The minimum Gasteiger partial charge on any atom is -0.404 e. The fourth-order valence-electron chi connectivity index (χ4n) is 2.33. The first-order valence-corrected chi connectivity index (χ1v) is 10.9. The first-order chi connectivity index (χ1) is 12.9. The Kier molecular flexibility index (Phi) is 7.40. The van der Waals surface area contributed by atoms with Gasteiger partial charge < -0.3 is 40.1 Å². The third kappa shape index (κ3) is 4.97. The van der Waals surface area contributed by atoms with Crippen molar-refractivity contribution in [2.24, 2.45) is 0 Å². The van der Waals surface area contributed by atoms with Crippen LogP contribution in [0.15, 0.2) is 30.3 Å². The molecule has 1 saturated carbocycles. The summed E-state index contributed by atoms with van der Waals surface area (Å²) in [5, 5.41) is 59.4. The van der Waals surface area contributed by atoms with Gasteiger partial charge in [0.2, 0.25) is 5.79 Å². The third-order valence-electron chi connectivity index (χ3n) is 3.75. The van der Waals surface area contributed by atoms with Crippen LogP contribution in [0.3, 0.4) is 0 Å². The first-order valence-electron chi connectivity index (χ1n) is 7.46. The second-order valence-corrected chi connectivity index (χ2v) is 9.40. The third-order valence-corrected chi connectivity index (χ3v) is 7.39. The van der Waals surface area contributed by atoms with Crippen molar-refractivity contribution in [3.63, 3.8) is 0 Å². The van der Waals surface area contributed by atoms with E-state index in [1.54, 1.807) is 6.07 Å². The standard InChI is InChI=1S/C12H19O13P3/c13-7-8(14)10(16)12(18,11(17)9(7)15)23-28(21,25-27(19,20)24-26)22-6-4-2-1-3-5-6/h1-5,7-11,13-18H,26H2,(H,19,20)/t7-,8-,9+,10-,11-,12-,28?/m1/s1. The molecule has 28 heavy (non-hydrogen) atoms. The summed E-state index contributed by atoms with van der Waals surface area (Å²) in [5.74, 6) is -3.71. The second kappa shape index (κ2) is 8.71. The van der Waals surface area contributed by atoms with Gasteiger partial charge in [0.1, 0.15) is 36.3 Å². The van der Waals surface area contributed by atoms with Gasteiger partial charge in [0.25, 0.3) is 0 Å². The van der Waals surface area contributed by atoms with Crippen molar-refractivity contribution in [1.29, 1.82) is 0 Å². The predicted octanol–water partition coefficient (Wildman–Crippen LogP) is -1.38. The van der Waals surface area contributed by atoms with Crippen LogP contribution in [0.1, 0.15) is 0 Å². The van der Waals surface area contributed by atoms with Gasteiger partial charge in [-0.05, 0) is 12.1 Å². The van der Waals surface area contributed by atoms with Crippen LogP contribution in [-0.2, 0) is 22.3 Å². The number of aliphatic hydroxyl groups excluding tert-OH is 5. The number of phosphoric acid groups is 2.